The Hall–Kier alpha value is -3.36. The molecule has 2 aromatic heterocycles. The van der Waals surface area contributed by atoms with Crippen molar-refractivity contribution in [1.82, 2.24) is 19.5 Å². The molecule has 1 amide bonds. The molecule has 0 spiro atoms. The zero-order chi connectivity index (χ0) is 23.1. The summed E-state index contributed by atoms with van der Waals surface area (Å²) in [4.78, 5) is 32.2. The molecule has 3 aromatic rings. The third-order valence-corrected chi connectivity index (χ3v) is 6.74. The highest BCUT2D eigenvalue weighted by atomic mass is 19.3. The Morgan fingerprint density at radius 1 is 1.18 bits per heavy atom. The van der Waals surface area contributed by atoms with Gasteiger partial charge in [0.1, 0.15) is 22.8 Å². The molecule has 1 aliphatic heterocycles. The number of piperidine rings is 1. The van der Waals surface area contributed by atoms with Crippen LogP contribution in [0, 0.1) is 5.92 Å². The number of rotatable bonds is 4. The molecule has 3 heterocycles. The van der Waals surface area contributed by atoms with E-state index in [0.29, 0.717) is 30.0 Å². The fraction of sp³-hybridized carbons (Fsp3) is 0.417. The van der Waals surface area contributed by atoms with Crippen molar-refractivity contribution < 1.29 is 23.1 Å². The van der Waals surface area contributed by atoms with Gasteiger partial charge < -0.3 is 9.64 Å². The number of amides is 1. The minimum atomic E-state index is -2.80. The Kier molecular flexibility index (Phi) is 5.55. The monoisotopic (exact) mass is 454 g/mol. The number of ketones is 1. The normalized spacial score (nSPS) is 20.8. The SMILES string of the molecule is COc1ccc(-c2cc(C(F)F)n3ncc(C(=O)N4CCC(=O)[C@@H]5CCCC[C@H]54)c3n2)cc1. The van der Waals surface area contributed by atoms with E-state index in [9.17, 15) is 18.4 Å². The number of nitrogens with zero attached hydrogens (tertiary/aromatic N) is 4. The number of aromatic nitrogens is 3. The number of likely N-dealkylation sites (tertiary alicyclic amines) is 1. The fourth-order valence-corrected chi connectivity index (χ4v) is 5.05. The van der Waals surface area contributed by atoms with Gasteiger partial charge in [0, 0.05) is 30.5 Å². The number of carbonyl (C=O) groups is 2. The number of alkyl halides is 2. The summed E-state index contributed by atoms with van der Waals surface area (Å²) in [5, 5.41) is 4.08. The van der Waals surface area contributed by atoms with Crippen LogP contribution in [0.15, 0.2) is 36.5 Å². The van der Waals surface area contributed by atoms with Crippen molar-refractivity contribution in [2.24, 2.45) is 5.92 Å². The van der Waals surface area contributed by atoms with Crippen LogP contribution in [-0.4, -0.2) is 50.9 Å². The maximum Gasteiger partial charge on any atom is 0.280 e. The van der Waals surface area contributed by atoms with Gasteiger partial charge in [0.15, 0.2) is 5.65 Å². The fourth-order valence-electron chi connectivity index (χ4n) is 5.05. The number of Topliss-reactive ketones (excluding diaryl/α,β-unsaturated/α-hetero) is 1. The minimum Gasteiger partial charge on any atom is -0.497 e. The van der Waals surface area contributed by atoms with Gasteiger partial charge in [-0.05, 0) is 43.2 Å². The zero-order valence-electron chi connectivity index (χ0n) is 18.2. The second-order valence-corrected chi connectivity index (χ2v) is 8.56. The lowest BCUT2D eigenvalue weighted by molar-refractivity contribution is -0.129. The highest BCUT2D eigenvalue weighted by Gasteiger charge is 2.41. The van der Waals surface area contributed by atoms with Crippen LogP contribution in [0.2, 0.25) is 0 Å². The van der Waals surface area contributed by atoms with Crippen molar-refractivity contribution in [3.05, 3.63) is 47.8 Å². The maximum absolute atomic E-state index is 13.9. The van der Waals surface area contributed by atoms with E-state index in [1.165, 1.54) is 12.3 Å². The first-order valence-corrected chi connectivity index (χ1v) is 11.1. The number of hydrogen-bond acceptors (Lipinski definition) is 5. The van der Waals surface area contributed by atoms with Crippen LogP contribution in [0.1, 0.15) is 54.6 Å². The van der Waals surface area contributed by atoms with Crippen molar-refractivity contribution in [3.8, 4) is 17.0 Å². The molecule has 1 saturated heterocycles. The first-order valence-electron chi connectivity index (χ1n) is 11.1. The second-order valence-electron chi connectivity index (χ2n) is 8.56. The van der Waals surface area contributed by atoms with E-state index in [1.54, 1.807) is 36.3 Å². The Bertz CT molecular complexity index is 1210. The van der Waals surface area contributed by atoms with Gasteiger partial charge >= 0.3 is 0 Å². The minimum absolute atomic E-state index is 0.0906. The molecule has 2 atom stereocenters. The van der Waals surface area contributed by atoms with Crippen LogP contribution >= 0.6 is 0 Å². The molecule has 1 aliphatic carbocycles. The molecule has 1 aromatic carbocycles. The Balaban J connectivity index is 1.57. The molecule has 0 radical (unpaired) electrons. The molecule has 5 rings (SSSR count). The maximum atomic E-state index is 13.9. The summed E-state index contributed by atoms with van der Waals surface area (Å²) >= 11 is 0. The van der Waals surface area contributed by atoms with E-state index in [1.807, 2.05) is 0 Å². The van der Waals surface area contributed by atoms with Crippen molar-refractivity contribution >= 4 is 17.3 Å². The number of methoxy groups -OCH3 is 1. The van der Waals surface area contributed by atoms with Gasteiger partial charge in [0.25, 0.3) is 12.3 Å². The summed E-state index contributed by atoms with van der Waals surface area (Å²) in [7, 11) is 1.55. The first kappa shape index (κ1) is 21.5. The second kappa shape index (κ2) is 8.53. The predicted octanol–water partition coefficient (Wildman–Crippen LogP) is 4.32. The van der Waals surface area contributed by atoms with Crippen LogP contribution in [0.3, 0.4) is 0 Å². The number of ether oxygens (including phenoxy) is 1. The van der Waals surface area contributed by atoms with Crippen LogP contribution < -0.4 is 4.74 Å². The summed E-state index contributed by atoms with van der Waals surface area (Å²) in [6, 6.07) is 8.04. The van der Waals surface area contributed by atoms with E-state index in [4.69, 9.17) is 4.74 Å². The van der Waals surface area contributed by atoms with Gasteiger partial charge in [-0.15, -0.1) is 0 Å². The molecule has 9 heteroatoms. The van der Waals surface area contributed by atoms with E-state index >= 15 is 0 Å². The summed E-state index contributed by atoms with van der Waals surface area (Å²) in [6.07, 6.45) is 2.33. The third kappa shape index (κ3) is 3.75. The standard InChI is InChI=1S/C24H24F2N4O3/c1-33-15-8-6-14(7-9-15)18-12-20(22(25)26)30-23(28-18)17(13-27-30)24(32)29-11-10-21(31)16-4-2-3-5-19(16)29/h6-9,12-13,16,19,22H,2-5,10-11H2,1H3/t16-,19-/m1/s1. The van der Waals surface area contributed by atoms with E-state index in [-0.39, 0.29) is 40.6 Å². The molecule has 0 unspecified atom stereocenters. The van der Waals surface area contributed by atoms with Crippen molar-refractivity contribution in [2.45, 2.75) is 44.6 Å². The highest BCUT2D eigenvalue weighted by Crippen LogP contribution is 2.35. The van der Waals surface area contributed by atoms with Crippen LogP contribution in [0.5, 0.6) is 5.75 Å². The summed E-state index contributed by atoms with van der Waals surface area (Å²) in [5.41, 5.74) is 0.864. The summed E-state index contributed by atoms with van der Waals surface area (Å²) in [5.74, 6) is 0.395. The van der Waals surface area contributed by atoms with Gasteiger partial charge in [-0.25, -0.2) is 18.3 Å². The van der Waals surface area contributed by atoms with E-state index in [0.717, 1.165) is 30.2 Å². The number of benzene rings is 1. The highest BCUT2D eigenvalue weighted by molar-refractivity contribution is 6.01. The summed E-state index contributed by atoms with van der Waals surface area (Å²) in [6.45, 7) is 0.329. The van der Waals surface area contributed by atoms with Gasteiger partial charge in [-0.3, -0.25) is 9.59 Å². The number of halogens is 2. The van der Waals surface area contributed by atoms with E-state index in [2.05, 4.69) is 10.1 Å². The molecule has 2 aliphatic rings. The lowest BCUT2D eigenvalue weighted by Gasteiger charge is -2.43. The molecular formula is C24H24F2N4O3. The van der Waals surface area contributed by atoms with Crippen molar-refractivity contribution in [2.75, 3.05) is 13.7 Å². The lowest BCUT2D eigenvalue weighted by atomic mass is 9.77. The molecule has 1 saturated carbocycles. The largest absolute Gasteiger partial charge is 0.497 e. The average molecular weight is 454 g/mol. The third-order valence-electron chi connectivity index (χ3n) is 6.74. The Labute approximate surface area is 189 Å². The first-order chi connectivity index (χ1) is 16.0. The molecule has 0 bridgehead atoms. The Morgan fingerprint density at radius 2 is 1.94 bits per heavy atom. The smallest absolute Gasteiger partial charge is 0.280 e. The summed E-state index contributed by atoms with van der Waals surface area (Å²) < 4.78 is 34.0. The van der Waals surface area contributed by atoms with Crippen LogP contribution in [-0.2, 0) is 4.79 Å². The molecule has 7 nitrogen and oxygen atoms in total. The number of fused-ring (bicyclic) bond motifs is 2. The van der Waals surface area contributed by atoms with Crippen LogP contribution in [0.4, 0.5) is 8.78 Å². The lowest BCUT2D eigenvalue weighted by Crippen LogP contribution is -2.53. The molecule has 172 valence electrons. The average Bonchev–Trinajstić information content (AvgIpc) is 3.27. The topological polar surface area (TPSA) is 76.8 Å². The van der Waals surface area contributed by atoms with Crippen molar-refractivity contribution in [3.63, 3.8) is 0 Å². The number of carbonyl (C=O) groups excluding carboxylic acids is 2. The number of hydrogen-bond donors (Lipinski definition) is 0. The van der Waals surface area contributed by atoms with Crippen molar-refractivity contribution in [1.29, 1.82) is 0 Å². The zero-order valence-corrected chi connectivity index (χ0v) is 18.2. The van der Waals surface area contributed by atoms with Gasteiger partial charge in [0.05, 0.1) is 19.0 Å². The molecular weight excluding hydrogens is 430 g/mol. The molecule has 33 heavy (non-hydrogen) atoms. The molecule has 0 N–H and O–H groups in total. The molecule has 2 fully saturated rings. The van der Waals surface area contributed by atoms with Gasteiger partial charge in [-0.2, -0.15) is 5.10 Å². The van der Waals surface area contributed by atoms with Crippen LogP contribution in [0.25, 0.3) is 16.9 Å². The van der Waals surface area contributed by atoms with E-state index < -0.39 is 6.43 Å². The van der Waals surface area contributed by atoms with Gasteiger partial charge in [0.2, 0.25) is 0 Å². The predicted molar refractivity (Wildman–Crippen MR) is 116 cm³/mol. The van der Waals surface area contributed by atoms with Gasteiger partial charge in [-0.1, -0.05) is 12.8 Å². The Morgan fingerprint density at radius 3 is 2.67 bits per heavy atom. The quantitative estimate of drug-likeness (QED) is 0.587.